The van der Waals surface area contributed by atoms with E-state index in [4.69, 9.17) is 4.74 Å². The van der Waals surface area contributed by atoms with Gasteiger partial charge in [-0.25, -0.2) is 21.6 Å². The van der Waals surface area contributed by atoms with Gasteiger partial charge in [0, 0.05) is 17.1 Å². The SMILES string of the molecule is COc1ccc2nc(C)c(C(=O)Nc3ccc(S(=O)(=O)NC4CCS(=O)(=O)C4)cc3)cc2c1. The summed E-state index contributed by atoms with van der Waals surface area (Å²) in [7, 11) is -5.52. The van der Waals surface area contributed by atoms with Crippen molar-refractivity contribution in [2.24, 2.45) is 0 Å². The minimum atomic E-state index is -3.88. The van der Waals surface area contributed by atoms with Crippen LogP contribution in [0.2, 0.25) is 0 Å². The zero-order valence-electron chi connectivity index (χ0n) is 18.0. The molecule has 1 aliphatic rings. The zero-order valence-corrected chi connectivity index (χ0v) is 19.7. The van der Waals surface area contributed by atoms with Crippen LogP contribution in [0.15, 0.2) is 53.4 Å². The second kappa shape index (κ2) is 8.73. The summed E-state index contributed by atoms with van der Waals surface area (Å²) in [5, 5.41) is 3.51. The van der Waals surface area contributed by atoms with E-state index in [1.807, 2.05) is 6.07 Å². The molecular formula is C22H23N3O6S2. The van der Waals surface area contributed by atoms with Gasteiger partial charge in [-0.3, -0.25) is 9.78 Å². The van der Waals surface area contributed by atoms with Gasteiger partial charge in [-0.15, -0.1) is 0 Å². The zero-order chi connectivity index (χ0) is 23.8. The van der Waals surface area contributed by atoms with Gasteiger partial charge >= 0.3 is 0 Å². The molecule has 2 N–H and O–H groups in total. The number of benzene rings is 2. The van der Waals surface area contributed by atoms with Gasteiger partial charge in [0.2, 0.25) is 10.0 Å². The van der Waals surface area contributed by atoms with Gasteiger partial charge in [-0.2, -0.15) is 0 Å². The van der Waals surface area contributed by atoms with Crippen molar-refractivity contribution in [1.82, 2.24) is 9.71 Å². The van der Waals surface area contributed by atoms with Crippen molar-refractivity contribution in [1.29, 1.82) is 0 Å². The Hall–Kier alpha value is -3.02. The Morgan fingerprint density at radius 2 is 1.85 bits per heavy atom. The third-order valence-corrected chi connectivity index (χ3v) is 8.74. The van der Waals surface area contributed by atoms with Crippen molar-refractivity contribution < 1.29 is 26.4 Å². The third-order valence-electron chi connectivity index (χ3n) is 5.43. The van der Waals surface area contributed by atoms with Crippen LogP contribution in [-0.4, -0.2) is 52.4 Å². The van der Waals surface area contributed by atoms with Crippen LogP contribution in [-0.2, 0) is 19.9 Å². The molecule has 0 spiro atoms. The van der Waals surface area contributed by atoms with Gasteiger partial charge in [0.1, 0.15) is 5.75 Å². The number of ether oxygens (including phenoxy) is 1. The molecule has 11 heteroatoms. The Kier molecular flexibility index (Phi) is 6.12. The number of aryl methyl sites for hydroxylation is 1. The van der Waals surface area contributed by atoms with Crippen LogP contribution in [0.25, 0.3) is 10.9 Å². The fourth-order valence-corrected chi connectivity index (χ4v) is 6.75. The minimum absolute atomic E-state index is 0.0135. The average molecular weight is 490 g/mol. The summed E-state index contributed by atoms with van der Waals surface area (Å²) < 4.78 is 55.9. The number of sulfone groups is 1. The number of fused-ring (bicyclic) bond motifs is 1. The molecule has 174 valence electrons. The Morgan fingerprint density at radius 3 is 2.48 bits per heavy atom. The lowest BCUT2D eigenvalue weighted by atomic mass is 10.1. The molecule has 0 aliphatic carbocycles. The van der Waals surface area contributed by atoms with Crippen LogP contribution in [0.3, 0.4) is 0 Å². The molecule has 1 unspecified atom stereocenters. The highest BCUT2D eigenvalue weighted by atomic mass is 32.2. The number of hydrogen-bond acceptors (Lipinski definition) is 7. The molecule has 1 amide bonds. The van der Waals surface area contributed by atoms with Crippen molar-refractivity contribution >= 4 is 42.4 Å². The smallest absolute Gasteiger partial charge is 0.257 e. The fourth-order valence-electron chi connectivity index (χ4n) is 3.70. The molecule has 0 saturated carbocycles. The molecule has 1 aliphatic heterocycles. The number of pyridine rings is 1. The maximum absolute atomic E-state index is 12.8. The summed E-state index contributed by atoms with van der Waals surface area (Å²) in [5.41, 5.74) is 2.09. The van der Waals surface area contributed by atoms with Crippen molar-refractivity contribution in [2.75, 3.05) is 23.9 Å². The Balaban J connectivity index is 1.50. The van der Waals surface area contributed by atoms with Crippen molar-refractivity contribution in [2.45, 2.75) is 24.3 Å². The molecule has 2 aromatic carbocycles. The second-order valence-electron chi connectivity index (χ2n) is 7.88. The molecule has 0 bridgehead atoms. The highest BCUT2D eigenvalue weighted by Crippen LogP contribution is 2.23. The van der Waals surface area contributed by atoms with Crippen LogP contribution < -0.4 is 14.8 Å². The van der Waals surface area contributed by atoms with E-state index in [2.05, 4.69) is 15.0 Å². The predicted molar refractivity (Wildman–Crippen MR) is 125 cm³/mol. The van der Waals surface area contributed by atoms with Gasteiger partial charge in [0.05, 0.1) is 40.3 Å². The molecule has 1 aromatic heterocycles. The summed E-state index contributed by atoms with van der Waals surface area (Å²) in [6.07, 6.45) is 0.251. The van der Waals surface area contributed by atoms with E-state index in [1.54, 1.807) is 32.2 Å². The summed E-state index contributed by atoms with van der Waals surface area (Å²) >= 11 is 0. The molecule has 3 aromatic rings. The first-order chi connectivity index (χ1) is 15.6. The van der Waals surface area contributed by atoms with E-state index in [0.717, 1.165) is 10.9 Å². The minimum Gasteiger partial charge on any atom is -0.497 e. The number of sulfonamides is 1. The number of nitrogens with zero attached hydrogens (tertiary/aromatic N) is 1. The molecule has 33 heavy (non-hydrogen) atoms. The standard InChI is InChI=1S/C22H23N3O6S2/c1-14-20(12-15-11-18(31-2)5-8-21(15)23-14)22(26)24-16-3-6-19(7-4-16)33(29,30)25-17-9-10-32(27,28)13-17/h3-8,11-12,17,25H,9-10,13H2,1-2H3,(H,24,26). The van der Waals surface area contributed by atoms with Crippen molar-refractivity contribution in [3.8, 4) is 5.75 Å². The van der Waals surface area contributed by atoms with Gasteiger partial charge in [0.15, 0.2) is 9.84 Å². The maximum Gasteiger partial charge on any atom is 0.257 e. The molecule has 4 rings (SSSR count). The number of nitrogens with one attached hydrogen (secondary N) is 2. The van der Waals surface area contributed by atoms with E-state index < -0.39 is 25.9 Å². The van der Waals surface area contributed by atoms with E-state index in [1.165, 1.54) is 24.3 Å². The monoisotopic (exact) mass is 489 g/mol. The first-order valence-electron chi connectivity index (χ1n) is 10.2. The van der Waals surface area contributed by atoms with Crippen LogP contribution >= 0.6 is 0 Å². The molecule has 2 heterocycles. The van der Waals surface area contributed by atoms with Crippen LogP contribution in [0.1, 0.15) is 22.5 Å². The number of anilines is 1. The Bertz CT molecular complexity index is 1430. The maximum atomic E-state index is 12.8. The van der Waals surface area contributed by atoms with Gasteiger partial charge in [0.25, 0.3) is 5.91 Å². The van der Waals surface area contributed by atoms with Gasteiger partial charge in [-0.1, -0.05) is 0 Å². The average Bonchev–Trinajstić information content (AvgIpc) is 3.10. The lowest BCUT2D eigenvalue weighted by Crippen LogP contribution is -2.35. The molecule has 9 nitrogen and oxygen atoms in total. The van der Waals surface area contributed by atoms with E-state index in [-0.39, 0.29) is 28.7 Å². The second-order valence-corrected chi connectivity index (χ2v) is 11.8. The Labute approximate surface area is 192 Å². The summed E-state index contributed by atoms with van der Waals surface area (Å²) in [5.74, 6) is 0.0431. The van der Waals surface area contributed by atoms with Crippen molar-refractivity contribution in [3.63, 3.8) is 0 Å². The van der Waals surface area contributed by atoms with Crippen LogP contribution in [0, 0.1) is 6.92 Å². The normalized spacial score (nSPS) is 17.7. The molecule has 0 radical (unpaired) electrons. The number of carbonyl (C=O) groups is 1. The summed E-state index contributed by atoms with van der Waals surface area (Å²) in [6, 6.07) is 12.2. The predicted octanol–water partition coefficient (Wildman–Crippen LogP) is 2.27. The number of amides is 1. The molecule has 1 saturated heterocycles. The lowest BCUT2D eigenvalue weighted by Gasteiger charge is -2.13. The quantitative estimate of drug-likeness (QED) is 0.543. The number of carbonyl (C=O) groups excluding carboxylic acids is 1. The number of rotatable bonds is 6. The third kappa shape index (κ3) is 5.15. The van der Waals surface area contributed by atoms with Crippen molar-refractivity contribution in [3.05, 3.63) is 59.8 Å². The highest BCUT2D eigenvalue weighted by molar-refractivity contribution is 7.92. The number of hydrogen-bond donors (Lipinski definition) is 2. The summed E-state index contributed by atoms with van der Waals surface area (Å²) in [6.45, 7) is 1.74. The summed E-state index contributed by atoms with van der Waals surface area (Å²) in [4.78, 5) is 17.3. The molecule has 1 atom stereocenters. The van der Waals surface area contributed by atoms with Crippen LogP contribution in [0.5, 0.6) is 5.75 Å². The fraction of sp³-hybridized carbons (Fsp3) is 0.273. The van der Waals surface area contributed by atoms with E-state index in [9.17, 15) is 21.6 Å². The first kappa shape index (κ1) is 23.1. The van der Waals surface area contributed by atoms with Gasteiger partial charge in [-0.05, 0) is 61.9 Å². The highest BCUT2D eigenvalue weighted by Gasteiger charge is 2.31. The topological polar surface area (TPSA) is 132 Å². The molecular weight excluding hydrogens is 466 g/mol. The number of methoxy groups -OCH3 is 1. The molecule has 1 fully saturated rings. The van der Waals surface area contributed by atoms with E-state index >= 15 is 0 Å². The Morgan fingerprint density at radius 1 is 1.12 bits per heavy atom. The first-order valence-corrected chi connectivity index (χ1v) is 13.5. The largest absolute Gasteiger partial charge is 0.497 e. The lowest BCUT2D eigenvalue weighted by molar-refractivity contribution is 0.102. The number of aromatic nitrogens is 1. The van der Waals surface area contributed by atoms with Gasteiger partial charge < -0.3 is 10.1 Å². The van der Waals surface area contributed by atoms with Crippen LogP contribution in [0.4, 0.5) is 5.69 Å². The van der Waals surface area contributed by atoms with E-state index in [0.29, 0.717) is 22.7 Å².